The second-order valence-corrected chi connectivity index (χ2v) is 7.44. The zero-order valence-electron chi connectivity index (χ0n) is 18.1. The first-order valence-electron chi connectivity index (χ1n) is 9.45. The Labute approximate surface area is 179 Å². The highest BCUT2D eigenvalue weighted by Gasteiger charge is 2.07. The average Bonchev–Trinajstić information content (AvgIpc) is 2.70. The molecule has 1 atom stereocenters. The lowest BCUT2D eigenvalue weighted by atomic mass is 10.1. The number of hydrogen-bond donors (Lipinski definition) is 6. The van der Waals surface area contributed by atoms with Crippen molar-refractivity contribution < 1.29 is 9.90 Å². The van der Waals surface area contributed by atoms with E-state index in [2.05, 4.69) is 36.3 Å². The Bertz CT molecular complexity index is 586. The van der Waals surface area contributed by atoms with Crippen molar-refractivity contribution >= 4 is 37.3 Å². The van der Waals surface area contributed by atoms with Gasteiger partial charge in [0, 0.05) is 24.7 Å². The summed E-state index contributed by atoms with van der Waals surface area (Å²) < 4.78 is 0. The van der Waals surface area contributed by atoms with Gasteiger partial charge in [-0.3, -0.25) is 4.79 Å². The largest absolute Gasteiger partial charge is 0.506 e. The second kappa shape index (κ2) is 19.0. The number of hydrogen-bond acceptors (Lipinski definition) is 7. The van der Waals surface area contributed by atoms with Crippen LogP contribution in [0.4, 0.5) is 5.69 Å². The molecule has 164 valence electrons. The molecule has 0 saturated heterocycles. The number of thioether (sulfide) groups is 1. The molecule has 0 spiro atoms. The molecule has 1 rings (SSSR count). The zero-order valence-corrected chi connectivity index (χ0v) is 18.9. The molecule has 0 bridgehead atoms. The van der Waals surface area contributed by atoms with Crippen molar-refractivity contribution in [3.63, 3.8) is 0 Å². The first-order chi connectivity index (χ1) is 14.0. The van der Waals surface area contributed by atoms with Crippen molar-refractivity contribution in [2.75, 3.05) is 17.7 Å². The van der Waals surface area contributed by atoms with Gasteiger partial charge in [-0.05, 0) is 69.1 Å². The van der Waals surface area contributed by atoms with Crippen LogP contribution < -0.4 is 16.0 Å². The molecule has 0 aliphatic rings. The molecule has 29 heavy (non-hydrogen) atoms. The lowest BCUT2D eigenvalue weighted by Crippen LogP contribution is -2.32. The molecule has 7 nitrogen and oxygen atoms in total. The Morgan fingerprint density at radius 2 is 1.90 bits per heavy atom. The summed E-state index contributed by atoms with van der Waals surface area (Å²) in [5, 5.41) is 30.5. The van der Waals surface area contributed by atoms with Gasteiger partial charge in [0.2, 0.25) is 6.41 Å². The molecule has 0 radical (unpaired) electrons. The monoisotopic (exact) mass is 423 g/mol. The zero-order chi connectivity index (χ0) is 22.7. The van der Waals surface area contributed by atoms with E-state index in [1.807, 2.05) is 33.0 Å². The molecular formula is C21H37N5O2S. The molecule has 1 aromatic carbocycles. The smallest absolute Gasteiger partial charge is 0.207 e. The van der Waals surface area contributed by atoms with Gasteiger partial charge in [-0.2, -0.15) is 0 Å². The van der Waals surface area contributed by atoms with Crippen molar-refractivity contribution in [1.29, 1.82) is 10.8 Å². The number of aryl methyl sites for hydroxylation is 2. The number of rotatable bonds is 12. The molecule has 0 aromatic heterocycles. The Kier molecular flexibility index (Phi) is 18.9. The van der Waals surface area contributed by atoms with Gasteiger partial charge in [0.25, 0.3) is 0 Å². The van der Waals surface area contributed by atoms with E-state index in [4.69, 9.17) is 10.8 Å². The van der Waals surface area contributed by atoms with Gasteiger partial charge in [0.05, 0.1) is 5.69 Å². The number of allylic oxidation sites excluding steroid dienone is 1. The van der Waals surface area contributed by atoms with Gasteiger partial charge in [-0.25, -0.2) is 0 Å². The van der Waals surface area contributed by atoms with Gasteiger partial charge in [0.1, 0.15) is 5.75 Å². The SMILES string of the molecule is C=N.C=N.CCCC(CCNC=O)NCS/C(C)=C/Nc1c(C)cc(C)cc1O. The van der Waals surface area contributed by atoms with Gasteiger partial charge in [0.15, 0.2) is 0 Å². The molecule has 0 fully saturated rings. The van der Waals surface area contributed by atoms with Crippen LogP contribution in [0.15, 0.2) is 23.2 Å². The lowest BCUT2D eigenvalue weighted by Gasteiger charge is -2.17. The van der Waals surface area contributed by atoms with E-state index < -0.39 is 0 Å². The summed E-state index contributed by atoms with van der Waals surface area (Å²) in [5.74, 6) is 1.09. The summed E-state index contributed by atoms with van der Waals surface area (Å²) in [6.45, 7) is 13.9. The molecule has 1 aromatic rings. The summed E-state index contributed by atoms with van der Waals surface area (Å²) in [4.78, 5) is 11.5. The minimum absolute atomic E-state index is 0.273. The Morgan fingerprint density at radius 3 is 2.45 bits per heavy atom. The van der Waals surface area contributed by atoms with Crippen LogP contribution in [-0.4, -0.2) is 43.4 Å². The molecular weight excluding hydrogens is 386 g/mol. The number of benzene rings is 1. The molecule has 0 aliphatic carbocycles. The third kappa shape index (κ3) is 13.5. The third-order valence-electron chi connectivity index (χ3n) is 3.91. The van der Waals surface area contributed by atoms with E-state index in [9.17, 15) is 9.90 Å². The van der Waals surface area contributed by atoms with Crippen molar-refractivity contribution in [3.8, 4) is 5.75 Å². The summed E-state index contributed by atoms with van der Waals surface area (Å²) in [5.41, 5.74) is 2.82. The quantitative estimate of drug-likeness (QED) is 0.0978. The number of anilines is 1. The van der Waals surface area contributed by atoms with Crippen LogP contribution in [0.3, 0.4) is 0 Å². The van der Waals surface area contributed by atoms with Crippen LogP contribution in [0.2, 0.25) is 0 Å². The normalized spacial score (nSPS) is 11.2. The molecule has 0 heterocycles. The van der Waals surface area contributed by atoms with Gasteiger partial charge < -0.3 is 31.9 Å². The number of aromatic hydroxyl groups is 1. The highest BCUT2D eigenvalue weighted by Crippen LogP contribution is 2.29. The first kappa shape index (κ1) is 28.9. The highest BCUT2D eigenvalue weighted by atomic mass is 32.2. The fraction of sp³-hybridized carbons (Fsp3) is 0.476. The van der Waals surface area contributed by atoms with Crippen LogP contribution in [0.1, 0.15) is 44.2 Å². The van der Waals surface area contributed by atoms with E-state index in [1.54, 1.807) is 17.8 Å². The van der Waals surface area contributed by atoms with E-state index >= 15 is 0 Å². The molecule has 1 unspecified atom stereocenters. The summed E-state index contributed by atoms with van der Waals surface area (Å²) >= 11 is 1.72. The van der Waals surface area contributed by atoms with E-state index in [-0.39, 0.29) is 5.75 Å². The standard InChI is InChI=1S/C19H31N3O2S.2CH3N/c1-5-6-17(7-8-20-12-23)22-13-25-16(4)11-21-19-15(3)9-14(2)10-18(19)24;2*1-2/h9-12,17,21-22,24H,5-8,13H2,1-4H3,(H,20,23);2*2H,1H2/b16-11+;;. The maximum atomic E-state index is 10.3. The van der Waals surface area contributed by atoms with E-state index in [1.165, 1.54) is 0 Å². The number of nitrogens with one attached hydrogen (secondary N) is 5. The molecule has 1 amide bonds. The molecule has 8 heteroatoms. The molecule has 6 N–H and O–H groups in total. The molecule has 0 saturated carbocycles. The van der Waals surface area contributed by atoms with Gasteiger partial charge >= 0.3 is 0 Å². The van der Waals surface area contributed by atoms with Crippen molar-refractivity contribution in [1.82, 2.24) is 10.6 Å². The second-order valence-electron chi connectivity index (χ2n) is 6.21. The van der Waals surface area contributed by atoms with Crippen LogP contribution in [-0.2, 0) is 4.79 Å². The van der Waals surface area contributed by atoms with Crippen LogP contribution in [0, 0.1) is 24.7 Å². The Morgan fingerprint density at radius 1 is 1.24 bits per heavy atom. The number of carbonyl (C=O) groups is 1. The van der Waals surface area contributed by atoms with Crippen molar-refractivity contribution in [2.45, 2.75) is 53.0 Å². The Balaban J connectivity index is 0. The van der Waals surface area contributed by atoms with Gasteiger partial charge in [-0.1, -0.05) is 19.4 Å². The number of carbonyl (C=O) groups excluding carboxylic acids is 1. The van der Waals surface area contributed by atoms with Gasteiger partial charge in [-0.15, -0.1) is 11.8 Å². The predicted octanol–water partition coefficient (Wildman–Crippen LogP) is 4.40. The minimum Gasteiger partial charge on any atom is -0.506 e. The van der Waals surface area contributed by atoms with E-state index in [0.29, 0.717) is 12.6 Å². The summed E-state index contributed by atoms with van der Waals surface area (Å²) in [6, 6.07) is 4.22. The summed E-state index contributed by atoms with van der Waals surface area (Å²) in [6.07, 6.45) is 5.82. The average molecular weight is 424 g/mol. The Hall–Kier alpha value is -2.32. The number of amides is 1. The van der Waals surface area contributed by atoms with Crippen molar-refractivity contribution in [3.05, 3.63) is 34.4 Å². The highest BCUT2D eigenvalue weighted by molar-refractivity contribution is 8.03. The van der Waals surface area contributed by atoms with E-state index in [0.717, 1.165) is 53.3 Å². The third-order valence-corrected chi connectivity index (χ3v) is 4.79. The van der Waals surface area contributed by atoms with Crippen LogP contribution >= 0.6 is 11.8 Å². The minimum atomic E-state index is 0.273. The van der Waals surface area contributed by atoms with Crippen LogP contribution in [0.25, 0.3) is 0 Å². The van der Waals surface area contributed by atoms with Crippen molar-refractivity contribution in [2.24, 2.45) is 0 Å². The number of phenolic OH excluding ortho intramolecular Hbond substituents is 1. The fourth-order valence-electron chi connectivity index (χ4n) is 2.64. The fourth-order valence-corrected chi connectivity index (χ4v) is 3.32. The van der Waals surface area contributed by atoms with Crippen LogP contribution in [0.5, 0.6) is 5.75 Å². The lowest BCUT2D eigenvalue weighted by molar-refractivity contribution is -0.109. The maximum Gasteiger partial charge on any atom is 0.207 e. The molecule has 0 aliphatic heterocycles. The maximum absolute atomic E-state index is 10.3. The number of phenols is 1. The first-order valence-corrected chi connectivity index (χ1v) is 10.4. The predicted molar refractivity (Wildman–Crippen MR) is 128 cm³/mol. The summed E-state index contributed by atoms with van der Waals surface area (Å²) in [7, 11) is 0. The topological polar surface area (TPSA) is 121 Å².